The smallest absolute Gasteiger partial charge is 0.137 e. The van der Waals surface area contributed by atoms with Crippen LogP contribution in [0.2, 0.25) is 0 Å². The molecular weight excluding hydrogens is 518 g/mol. The number of benzene rings is 3. The second-order valence-electron chi connectivity index (χ2n) is 12.9. The average Bonchev–Trinajstić information content (AvgIpc) is 3.73. The summed E-state index contributed by atoms with van der Waals surface area (Å²) in [5.41, 5.74) is 11.9. The summed E-state index contributed by atoms with van der Waals surface area (Å²) in [5, 5.41) is 10.1. The lowest BCUT2D eigenvalue weighted by atomic mass is 9.76. The van der Waals surface area contributed by atoms with E-state index in [-0.39, 0.29) is 22.9 Å². The number of rotatable bonds is 4. The molecule has 6 nitrogen and oxygen atoms in total. The Labute approximate surface area is 245 Å². The molecule has 5 heterocycles. The molecule has 4 N–H and O–H groups in total. The van der Waals surface area contributed by atoms with Gasteiger partial charge in [0, 0.05) is 68.2 Å². The Balaban J connectivity index is 1.14. The van der Waals surface area contributed by atoms with E-state index in [1.165, 1.54) is 55.5 Å². The zero-order valence-electron chi connectivity index (χ0n) is 24.6. The van der Waals surface area contributed by atoms with Crippen molar-refractivity contribution in [3.8, 4) is 16.9 Å². The summed E-state index contributed by atoms with van der Waals surface area (Å²) in [7, 11) is 1.72. The number of nitrogens with one attached hydrogen (secondary N) is 4. The maximum atomic E-state index is 5.54. The number of H-pyrrole nitrogens is 2. The first kappa shape index (κ1) is 25.0. The van der Waals surface area contributed by atoms with Gasteiger partial charge in [0.15, 0.2) is 0 Å². The quantitative estimate of drug-likeness (QED) is 0.176. The molecule has 42 heavy (non-hydrogen) atoms. The zero-order chi connectivity index (χ0) is 28.8. The fourth-order valence-corrected chi connectivity index (χ4v) is 7.41. The van der Waals surface area contributed by atoms with Crippen molar-refractivity contribution >= 4 is 33.3 Å². The van der Waals surface area contributed by atoms with Gasteiger partial charge in [0.25, 0.3) is 0 Å². The lowest BCUT2D eigenvalue weighted by Gasteiger charge is -2.28. The summed E-state index contributed by atoms with van der Waals surface area (Å²) in [6.45, 7) is 9.34. The van der Waals surface area contributed by atoms with Crippen LogP contribution >= 0.6 is 0 Å². The van der Waals surface area contributed by atoms with E-state index < -0.39 is 0 Å². The lowest BCUT2D eigenvalue weighted by Crippen LogP contribution is -2.25. The predicted molar refractivity (Wildman–Crippen MR) is 172 cm³/mol. The Kier molecular flexibility index (Phi) is 5.16. The van der Waals surface area contributed by atoms with Crippen LogP contribution in [0, 0.1) is 0 Å². The van der Waals surface area contributed by atoms with Gasteiger partial charge in [0.2, 0.25) is 0 Å². The molecule has 2 aliphatic heterocycles. The molecule has 0 fully saturated rings. The standard InChI is InChI=1S/C36H35N5O/c1-35(2)27-11-8-21(16-31(27)41-32(35)25-19-39-34-23(25)7-6-14-37-34)20-9-12-30-28(15-20)36(3,4)33(40-30)26-18-38-29-13-10-22(42-5)17-24(26)29/h6-19,32-33,38,40-41H,1-5H3,(H,37,39). The largest absolute Gasteiger partial charge is 0.497 e. The fourth-order valence-electron chi connectivity index (χ4n) is 7.41. The molecule has 0 amide bonds. The van der Waals surface area contributed by atoms with Gasteiger partial charge in [0.05, 0.1) is 19.2 Å². The van der Waals surface area contributed by atoms with Gasteiger partial charge in [-0.15, -0.1) is 0 Å². The average molecular weight is 554 g/mol. The molecule has 0 spiro atoms. The van der Waals surface area contributed by atoms with Crippen molar-refractivity contribution in [2.45, 2.75) is 50.6 Å². The highest BCUT2D eigenvalue weighted by molar-refractivity contribution is 5.87. The van der Waals surface area contributed by atoms with E-state index in [0.29, 0.717) is 0 Å². The van der Waals surface area contributed by atoms with E-state index in [4.69, 9.17) is 4.74 Å². The van der Waals surface area contributed by atoms with Crippen molar-refractivity contribution in [2.75, 3.05) is 17.7 Å². The first-order chi connectivity index (χ1) is 20.3. The van der Waals surface area contributed by atoms with Gasteiger partial charge in [-0.05, 0) is 70.8 Å². The molecule has 0 bridgehead atoms. The number of methoxy groups -OCH3 is 1. The summed E-state index contributed by atoms with van der Waals surface area (Å²) >= 11 is 0. The van der Waals surface area contributed by atoms with Crippen LogP contribution < -0.4 is 15.4 Å². The van der Waals surface area contributed by atoms with Gasteiger partial charge < -0.3 is 25.3 Å². The normalized spacial score (nSPS) is 19.8. The van der Waals surface area contributed by atoms with Crippen molar-refractivity contribution in [2.24, 2.45) is 0 Å². The molecule has 3 aromatic carbocycles. The van der Waals surface area contributed by atoms with E-state index in [9.17, 15) is 0 Å². The number of aromatic amines is 2. The Hall–Kier alpha value is -4.71. The highest BCUT2D eigenvalue weighted by Gasteiger charge is 2.43. The van der Waals surface area contributed by atoms with Crippen LogP contribution in [0.15, 0.2) is 85.3 Å². The fraction of sp³-hybridized carbons (Fsp3) is 0.250. The van der Waals surface area contributed by atoms with E-state index in [2.05, 4.69) is 120 Å². The van der Waals surface area contributed by atoms with Gasteiger partial charge in [-0.2, -0.15) is 0 Å². The second-order valence-corrected chi connectivity index (χ2v) is 12.9. The van der Waals surface area contributed by atoms with Gasteiger partial charge in [0.1, 0.15) is 11.4 Å². The highest BCUT2D eigenvalue weighted by Crippen LogP contribution is 2.53. The van der Waals surface area contributed by atoms with Crippen molar-refractivity contribution in [3.05, 3.63) is 108 Å². The minimum absolute atomic E-state index is 0.0715. The van der Waals surface area contributed by atoms with Crippen molar-refractivity contribution < 1.29 is 4.74 Å². The number of aromatic nitrogens is 3. The number of nitrogens with zero attached hydrogens (tertiary/aromatic N) is 1. The van der Waals surface area contributed by atoms with Crippen LogP contribution in [-0.4, -0.2) is 22.1 Å². The number of anilines is 2. The van der Waals surface area contributed by atoms with Crippen LogP contribution in [-0.2, 0) is 10.8 Å². The van der Waals surface area contributed by atoms with E-state index >= 15 is 0 Å². The molecule has 2 unspecified atom stereocenters. The minimum Gasteiger partial charge on any atom is -0.497 e. The molecule has 3 aromatic heterocycles. The minimum atomic E-state index is -0.116. The summed E-state index contributed by atoms with van der Waals surface area (Å²) in [6.07, 6.45) is 6.09. The van der Waals surface area contributed by atoms with Crippen LogP contribution in [0.4, 0.5) is 11.4 Å². The van der Waals surface area contributed by atoms with Crippen LogP contribution in [0.25, 0.3) is 33.1 Å². The molecule has 6 heteroatoms. The summed E-state index contributed by atoms with van der Waals surface area (Å²) in [6, 6.07) is 24.5. The maximum Gasteiger partial charge on any atom is 0.137 e. The molecule has 2 atom stereocenters. The van der Waals surface area contributed by atoms with Crippen LogP contribution in [0.3, 0.4) is 0 Å². The monoisotopic (exact) mass is 553 g/mol. The Bertz CT molecular complexity index is 2010. The maximum absolute atomic E-state index is 5.54. The molecule has 8 rings (SSSR count). The Morgan fingerprint density at radius 1 is 0.690 bits per heavy atom. The van der Waals surface area contributed by atoms with Crippen molar-refractivity contribution in [1.82, 2.24) is 15.0 Å². The molecular formula is C36H35N5O. The van der Waals surface area contributed by atoms with Crippen molar-refractivity contribution in [1.29, 1.82) is 0 Å². The second kappa shape index (κ2) is 8.65. The van der Waals surface area contributed by atoms with Gasteiger partial charge in [-0.3, -0.25) is 0 Å². The number of pyridine rings is 1. The van der Waals surface area contributed by atoms with Gasteiger partial charge >= 0.3 is 0 Å². The van der Waals surface area contributed by atoms with Crippen molar-refractivity contribution in [3.63, 3.8) is 0 Å². The summed E-state index contributed by atoms with van der Waals surface area (Å²) in [5.74, 6) is 0.871. The number of hydrogen-bond acceptors (Lipinski definition) is 4. The first-order valence-electron chi connectivity index (χ1n) is 14.7. The lowest BCUT2D eigenvalue weighted by molar-refractivity contribution is 0.415. The van der Waals surface area contributed by atoms with E-state index in [1.807, 2.05) is 18.3 Å². The molecule has 0 aliphatic carbocycles. The first-order valence-corrected chi connectivity index (χ1v) is 14.7. The third kappa shape index (κ3) is 3.47. The summed E-state index contributed by atoms with van der Waals surface area (Å²) < 4.78 is 5.54. The van der Waals surface area contributed by atoms with Crippen LogP contribution in [0.5, 0.6) is 5.75 Å². The third-order valence-corrected chi connectivity index (χ3v) is 9.83. The molecule has 0 radical (unpaired) electrons. The molecule has 0 saturated carbocycles. The third-order valence-electron chi connectivity index (χ3n) is 9.83. The Morgan fingerprint density at radius 2 is 1.40 bits per heavy atom. The Morgan fingerprint density at radius 3 is 2.24 bits per heavy atom. The van der Waals surface area contributed by atoms with Gasteiger partial charge in [-0.25, -0.2) is 4.98 Å². The number of ether oxygens (including phenoxy) is 1. The molecule has 210 valence electrons. The molecule has 6 aromatic rings. The number of hydrogen-bond donors (Lipinski definition) is 4. The SMILES string of the molecule is COc1ccc2[nH]cc(C3Nc4ccc(-c5ccc6c(c5)NC(c5c[nH]c7ncccc57)C6(C)C)cc4C3(C)C)c2c1. The highest BCUT2D eigenvalue weighted by atomic mass is 16.5. The number of fused-ring (bicyclic) bond motifs is 4. The predicted octanol–water partition coefficient (Wildman–Crippen LogP) is 8.61. The zero-order valence-corrected chi connectivity index (χ0v) is 24.6. The topological polar surface area (TPSA) is 77.8 Å². The summed E-state index contributed by atoms with van der Waals surface area (Å²) in [4.78, 5) is 11.3. The molecule has 0 saturated heterocycles. The van der Waals surface area contributed by atoms with Gasteiger partial charge in [-0.1, -0.05) is 45.9 Å². The van der Waals surface area contributed by atoms with E-state index in [0.717, 1.165) is 16.9 Å². The molecule has 2 aliphatic rings. The van der Waals surface area contributed by atoms with E-state index in [1.54, 1.807) is 7.11 Å². The van der Waals surface area contributed by atoms with Crippen LogP contribution in [0.1, 0.15) is 62.0 Å².